The van der Waals surface area contributed by atoms with Gasteiger partial charge in [-0.2, -0.15) is 0 Å². The van der Waals surface area contributed by atoms with Crippen molar-refractivity contribution in [1.82, 2.24) is 0 Å². The van der Waals surface area contributed by atoms with Gasteiger partial charge in [0, 0.05) is 52.1 Å². The van der Waals surface area contributed by atoms with Crippen LogP contribution in [0.5, 0.6) is 0 Å². The van der Waals surface area contributed by atoms with Crippen LogP contribution >= 0.6 is 0 Å². The fourth-order valence-electron chi connectivity index (χ4n) is 12.4. The van der Waals surface area contributed by atoms with Crippen molar-refractivity contribution in [2.24, 2.45) is 0 Å². The molecular weight excluding hydrogens is 1370 g/mol. The van der Waals surface area contributed by atoms with E-state index in [2.05, 4.69) is 24.3 Å². The van der Waals surface area contributed by atoms with E-state index in [1.165, 1.54) is 154 Å². The second-order valence-corrected chi connectivity index (χ2v) is 29.9. The van der Waals surface area contributed by atoms with Gasteiger partial charge in [0.1, 0.15) is 24.4 Å². The minimum absolute atomic E-state index is 0. The van der Waals surface area contributed by atoms with E-state index in [9.17, 15) is 29.4 Å². The van der Waals surface area contributed by atoms with Crippen molar-refractivity contribution < 1.29 is 93.9 Å². The maximum atomic E-state index is 11.6. The van der Waals surface area contributed by atoms with Gasteiger partial charge in [-0.05, 0) is 154 Å². The predicted octanol–water partition coefficient (Wildman–Crippen LogP) is 19.3. The fourth-order valence-corrected chi connectivity index (χ4v) is 12.4. The number of ether oxygens (including phenoxy) is 5. The molecule has 0 aliphatic carbocycles. The predicted molar refractivity (Wildman–Crippen MR) is 442 cm³/mol. The Balaban J connectivity index is -0.000000666. The molecule has 0 bridgehead atoms. The third-order valence-electron chi connectivity index (χ3n) is 19.9. The Morgan fingerprint density at radius 1 is 0.278 bits per heavy atom. The van der Waals surface area contributed by atoms with E-state index < -0.39 is 12.2 Å². The summed E-state index contributed by atoms with van der Waals surface area (Å²) in [5.74, 6) is -0.782. The quantitative estimate of drug-likeness (QED) is 0.00889. The molecule has 19 heteroatoms. The van der Waals surface area contributed by atoms with Gasteiger partial charge in [-0.15, -0.1) is 0 Å². The molecule has 1 aliphatic rings. The Hall–Kier alpha value is -3.08. The van der Waals surface area contributed by atoms with E-state index in [1.807, 2.05) is 27.7 Å². The molecule has 10 N–H and O–H groups in total. The summed E-state index contributed by atoms with van der Waals surface area (Å²) in [5.41, 5.74) is 0. The van der Waals surface area contributed by atoms with Crippen LogP contribution in [0.2, 0.25) is 0 Å². The molecule has 1 saturated heterocycles. The highest BCUT2D eigenvalue weighted by atomic mass is 16.6. The van der Waals surface area contributed by atoms with Gasteiger partial charge in [-0.25, -0.2) is 0 Å². The van der Waals surface area contributed by atoms with Gasteiger partial charge in [-0.1, -0.05) is 265 Å². The van der Waals surface area contributed by atoms with E-state index in [0.717, 1.165) is 167 Å². The Morgan fingerprint density at radius 3 is 0.667 bits per heavy atom. The van der Waals surface area contributed by atoms with Crippen LogP contribution in [-0.4, -0.2) is 177 Å². The Labute approximate surface area is 661 Å². The Bertz CT molecular complexity index is 1810. The third kappa shape index (κ3) is 83.8. The summed E-state index contributed by atoms with van der Waals surface area (Å²) >= 11 is 0. The van der Waals surface area contributed by atoms with Crippen LogP contribution in [0.3, 0.4) is 0 Å². The molecule has 0 aromatic rings. The number of aliphatic hydroxyl groups is 10. The van der Waals surface area contributed by atoms with E-state index in [-0.39, 0.29) is 88.8 Å². The van der Waals surface area contributed by atoms with Crippen LogP contribution in [0, 0.1) is 0 Å². The Morgan fingerprint density at radius 2 is 0.463 bits per heavy atom. The molecule has 644 valence electrons. The molecule has 108 heavy (non-hydrogen) atoms. The number of carbonyl (C=O) groups is 4. The molecule has 8 atom stereocenters. The zero-order chi connectivity index (χ0) is 79.4. The molecule has 0 aromatic carbocycles. The van der Waals surface area contributed by atoms with Gasteiger partial charge in [0.2, 0.25) is 0 Å². The summed E-state index contributed by atoms with van der Waals surface area (Å²) in [6.07, 6.45) is 69.5. The summed E-state index contributed by atoms with van der Waals surface area (Å²) in [7, 11) is 0. The van der Waals surface area contributed by atoms with Crippen LogP contribution in [0.1, 0.15) is 420 Å². The van der Waals surface area contributed by atoms with E-state index in [1.54, 1.807) is 0 Å². The lowest BCUT2D eigenvalue weighted by Gasteiger charge is -2.17. The molecule has 19 nitrogen and oxygen atoms in total. The second kappa shape index (κ2) is 91.1. The normalized spacial score (nSPS) is 14.8. The van der Waals surface area contributed by atoms with Gasteiger partial charge in [0.05, 0.1) is 50.8 Å². The van der Waals surface area contributed by atoms with Crippen molar-refractivity contribution in [3.63, 3.8) is 0 Å². The largest absolute Gasteiger partial charge is 0.460 e. The second-order valence-electron chi connectivity index (χ2n) is 29.9. The highest BCUT2D eigenvalue weighted by Gasteiger charge is 2.37. The minimum atomic E-state index is -0.645. The van der Waals surface area contributed by atoms with Crippen LogP contribution < -0.4 is 0 Å². The summed E-state index contributed by atoms with van der Waals surface area (Å²) < 4.78 is 26.4. The zero-order valence-corrected chi connectivity index (χ0v) is 69.2. The topological polar surface area (TPSA) is 320 Å². The van der Waals surface area contributed by atoms with Crippen molar-refractivity contribution in [3.05, 3.63) is 24.3 Å². The molecule has 0 saturated carbocycles. The van der Waals surface area contributed by atoms with E-state index in [4.69, 9.17) is 64.5 Å². The molecular formula is C89H174O19. The molecule has 1 heterocycles. The number of allylic oxidation sites excluding steroid dienone is 4. The molecule has 0 aromatic heterocycles. The van der Waals surface area contributed by atoms with E-state index in [0.29, 0.717) is 96.2 Å². The number of aliphatic hydroxyl groups excluding tert-OH is 10. The molecule has 0 radical (unpaired) electrons. The van der Waals surface area contributed by atoms with Crippen LogP contribution in [-0.2, 0) is 42.9 Å². The SMILES string of the molecule is C.CCC(CO)OC(=O)CCCCCCC/C=C/CCCCCCCCO.CCC(CO)OC(=O)CCCCCCC/C=C\CCCCCCCCO.CCC(CO)OC(=O)CCCCCCCC(O)C(O)CCCCCCCCO.CCC(CO)OC(=O)CCCCCCCC1OC1CCCCCCCCO. The number of esters is 4. The summed E-state index contributed by atoms with van der Waals surface area (Å²) in [5, 5.41) is 90.9. The number of unbranched alkanes of at least 4 members (excludes halogenated alkanes) is 40. The maximum Gasteiger partial charge on any atom is 0.306 e. The first kappa shape index (κ1) is 111. The molecule has 1 fully saturated rings. The lowest BCUT2D eigenvalue weighted by molar-refractivity contribution is -0.152. The Kier molecular flexibility index (Phi) is 93.8. The van der Waals surface area contributed by atoms with Crippen LogP contribution in [0.4, 0.5) is 0 Å². The molecule has 0 spiro atoms. The first-order chi connectivity index (χ1) is 52.2. The molecule has 8 unspecified atom stereocenters. The highest BCUT2D eigenvalue weighted by Crippen LogP contribution is 2.32. The first-order valence-corrected chi connectivity index (χ1v) is 44.2. The van der Waals surface area contributed by atoms with Crippen LogP contribution in [0.25, 0.3) is 0 Å². The van der Waals surface area contributed by atoms with Crippen molar-refractivity contribution in [3.8, 4) is 0 Å². The third-order valence-corrected chi connectivity index (χ3v) is 19.9. The van der Waals surface area contributed by atoms with Crippen LogP contribution in [0.15, 0.2) is 24.3 Å². The first-order valence-electron chi connectivity index (χ1n) is 44.2. The molecule has 1 aliphatic heterocycles. The molecule has 0 amide bonds. The standard InChI is InChI=1S/C22H44O6.C22H42O5.2C22H42O4.CH4/c1-2-19(18-24)28-22(27)16-12-8-5-7-11-15-21(26)20(25)14-10-6-3-4-9-13-17-23;1-2-19(18-24)26-22(25)16-12-8-5-7-11-15-21-20(27-21)14-10-6-3-4-9-13-17-23;2*1-2-21(20-24)26-22(25)18-16-14-12-10-8-6-4-3-5-7-9-11-13-15-17-19-23;/h19-21,23-26H,2-18H2,1H3;19-21,23-24H,2-18H2,1H3;2*3-4,21,23-24H,2,5-20H2,1H3;1H4/b;;4-3+;4-3-;. The lowest BCUT2D eigenvalue weighted by atomic mass is 9.99. The van der Waals surface area contributed by atoms with Gasteiger partial charge >= 0.3 is 23.9 Å². The van der Waals surface area contributed by atoms with Gasteiger partial charge in [0.15, 0.2) is 0 Å². The summed E-state index contributed by atoms with van der Waals surface area (Å²) in [6.45, 7) is 8.48. The number of hydrogen-bond acceptors (Lipinski definition) is 19. The van der Waals surface area contributed by atoms with Gasteiger partial charge in [-0.3, -0.25) is 19.2 Å². The summed E-state index contributed by atoms with van der Waals surface area (Å²) in [6, 6.07) is 0. The van der Waals surface area contributed by atoms with E-state index >= 15 is 0 Å². The highest BCUT2D eigenvalue weighted by molar-refractivity contribution is 5.70. The van der Waals surface area contributed by atoms with Crippen molar-refractivity contribution in [2.75, 3.05) is 52.9 Å². The van der Waals surface area contributed by atoms with Crippen molar-refractivity contribution in [2.45, 2.75) is 469 Å². The average molecular weight is 1550 g/mol. The number of carbonyl (C=O) groups excluding carboxylic acids is 4. The molecule has 1 rings (SSSR count). The number of rotatable bonds is 77. The monoisotopic (exact) mass is 1550 g/mol. The van der Waals surface area contributed by atoms with Crippen molar-refractivity contribution in [1.29, 1.82) is 0 Å². The van der Waals surface area contributed by atoms with Crippen molar-refractivity contribution >= 4 is 23.9 Å². The smallest absolute Gasteiger partial charge is 0.306 e. The van der Waals surface area contributed by atoms with Gasteiger partial charge in [0.25, 0.3) is 0 Å². The number of hydrogen-bond donors (Lipinski definition) is 10. The lowest BCUT2D eigenvalue weighted by Crippen LogP contribution is -2.25. The summed E-state index contributed by atoms with van der Waals surface area (Å²) in [4.78, 5) is 46.3. The minimum Gasteiger partial charge on any atom is -0.460 e. The average Bonchev–Trinajstić information content (AvgIpc) is 1.71. The maximum absolute atomic E-state index is 11.6. The number of epoxide rings is 1. The zero-order valence-electron chi connectivity index (χ0n) is 69.2. The fraction of sp³-hybridized carbons (Fsp3) is 0.910. The van der Waals surface area contributed by atoms with Gasteiger partial charge < -0.3 is 74.7 Å².